The molecule has 0 saturated heterocycles. The Kier molecular flexibility index (Phi) is 1.30. The van der Waals surface area contributed by atoms with Gasteiger partial charge in [-0.2, -0.15) is 0 Å². The number of hydrogen-bond acceptors (Lipinski definition) is 1. The molecule has 1 unspecified atom stereocenters. The van der Waals surface area contributed by atoms with Gasteiger partial charge in [-0.25, -0.2) is 0 Å². The van der Waals surface area contributed by atoms with Gasteiger partial charge in [0.2, 0.25) is 0 Å². The van der Waals surface area contributed by atoms with Crippen LogP contribution in [0.2, 0.25) is 0 Å². The maximum absolute atomic E-state index is 5.99. The van der Waals surface area contributed by atoms with Crippen molar-refractivity contribution in [3.8, 4) is 0 Å². The fraction of sp³-hybridized carbons (Fsp3) is 0.273. The molecule has 1 aromatic carbocycles. The predicted molar refractivity (Wildman–Crippen MR) is 53.5 cm³/mol. The molecule has 0 radical (unpaired) electrons. The second-order valence-electron chi connectivity index (χ2n) is 3.67. The largest absolute Gasteiger partial charge is 0.343 e. The molecule has 0 fully saturated rings. The summed E-state index contributed by atoms with van der Waals surface area (Å²) in [6.45, 7) is 1.07. The van der Waals surface area contributed by atoms with Crippen molar-refractivity contribution in [2.45, 2.75) is 19.0 Å². The molecule has 1 atom stereocenters. The van der Waals surface area contributed by atoms with Gasteiger partial charge in [-0.15, -0.1) is 0 Å². The van der Waals surface area contributed by atoms with E-state index in [1.807, 2.05) is 0 Å². The van der Waals surface area contributed by atoms with Crippen LogP contribution in [0.1, 0.15) is 18.2 Å². The van der Waals surface area contributed by atoms with Crippen LogP contribution in [-0.2, 0) is 6.54 Å². The summed E-state index contributed by atoms with van der Waals surface area (Å²) in [4.78, 5) is 0. The molecule has 2 N–H and O–H groups in total. The molecule has 66 valence electrons. The SMILES string of the molecule is NC1CCn2c1cc1ccccc12. The second-order valence-corrected chi connectivity index (χ2v) is 3.67. The summed E-state index contributed by atoms with van der Waals surface area (Å²) in [5, 5.41) is 1.31. The lowest BCUT2D eigenvalue weighted by molar-refractivity contribution is 0.691. The summed E-state index contributed by atoms with van der Waals surface area (Å²) in [5.41, 5.74) is 8.61. The zero-order valence-electron chi connectivity index (χ0n) is 7.40. The summed E-state index contributed by atoms with van der Waals surface area (Å²) in [7, 11) is 0. The van der Waals surface area contributed by atoms with E-state index in [0.717, 1.165) is 13.0 Å². The quantitative estimate of drug-likeness (QED) is 0.647. The molecular formula is C11H12N2. The lowest BCUT2D eigenvalue weighted by atomic mass is 10.2. The first kappa shape index (κ1) is 7.15. The lowest BCUT2D eigenvalue weighted by Gasteiger charge is -1.98. The average molecular weight is 172 g/mol. The molecule has 3 rings (SSSR count). The number of aromatic nitrogens is 1. The molecule has 2 heteroatoms. The van der Waals surface area contributed by atoms with Gasteiger partial charge in [0.05, 0.1) is 0 Å². The molecule has 2 heterocycles. The Morgan fingerprint density at radius 3 is 3.08 bits per heavy atom. The summed E-state index contributed by atoms with van der Waals surface area (Å²) >= 11 is 0. The molecule has 1 aromatic heterocycles. The van der Waals surface area contributed by atoms with Gasteiger partial charge in [0.25, 0.3) is 0 Å². The minimum atomic E-state index is 0.243. The van der Waals surface area contributed by atoms with Crippen molar-refractivity contribution in [3.63, 3.8) is 0 Å². The third-order valence-electron chi connectivity index (χ3n) is 2.89. The van der Waals surface area contributed by atoms with Gasteiger partial charge in [0.1, 0.15) is 0 Å². The number of benzene rings is 1. The van der Waals surface area contributed by atoms with Gasteiger partial charge in [0, 0.05) is 23.8 Å². The number of nitrogens with two attached hydrogens (primary N) is 1. The fourth-order valence-electron chi connectivity index (χ4n) is 2.20. The Balaban J connectivity index is 2.38. The van der Waals surface area contributed by atoms with Gasteiger partial charge in [-0.1, -0.05) is 18.2 Å². The van der Waals surface area contributed by atoms with E-state index in [9.17, 15) is 0 Å². The predicted octanol–water partition coefficient (Wildman–Crippen LogP) is 2.04. The van der Waals surface area contributed by atoms with Crippen LogP contribution in [-0.4, -0.2) is 4.57 Å². The Bertz CT molecular complexity index is 456. The average Bonchev–Trinajstić information content (AvgIpc) is 2.67. The van der Waals surface area contributed by atoms with Crippen molar-refractivity contribution < 1.29 is 0 Å². The number of para-hydroxylation sites is 1. The van der Waals surface area contributed by atoms with Crippen LogP contribution >= 0.6 is 0 Å². The first-order valence-corrected chi connectivity index (χ1v) is 4.70. The zero-order valence-corrected chi connectivity index (χ0v) is 7.40. The highest BCUT2D eigenvalue weighted by molar-refractivity contribution is 5.81. The normalized spacial score (nSPS) is 20.8. The van der Waals surface area contributed by atoms with Crippen LogP contribution in [0.15, 0.2) is 30.3 Å². The van der Waals surface area contributed by atoms with Crippen LogP contribution in [0.5, 0.6) is 0 Å². The van der Waals surface area contributed by atoms with Gasteiger partial charge in [0.15, 0.2) is 0 Å². The van der Waals surface area contributed by atoms with E-state index < -0.39 is 0 Å². The van der Waals surface area contributed by atoms with Crippen molar-refractivity contribution in [2.24, 2.45) is 5.73 Å². The molecule has 0 aliphatic carbocycles. The van der Waals surface area contributed by atoms with Crippen molar-refractivity contribution in [2.75, 3.05) is 0 Å². The lowest BCUT2D eigenvalue weighted by Crippen LogP contribution is -2.04. The summed E-state index contributed by atoms with van der Waals surface area (Å²) < 4.78 is 2.33. The monoisotopic (exact) mass is 172 g/mol. The maximum Gasteiger partial charge on any atom is 0.0483 e. The van der Waals surface area contributed by atoms with Gasteiger partial charge in [-0.3, -0.25) is 0 Å². The number of rotatable bonds is 0. The summed E-state index contributed by atoms with van der Waals surface area (Å²) in [6, 6.07) is 10.9. The van der Waals surface area contributed by atoms with Crippen LogP contribution in [0.4, 0.5) is 0 Å². The topological polar surface area (TPSA) is 30.9 Å². The minimum Gasteiger partial charge on any atom is -0.343 e. The van der Waals surface area contributed by atoms with E-state index in [1.54, 1.807) is 0 Å². The highest BCUT2D eigenvalue weighted by atomic mass is 15.0. The van der Waals surface area contributed by atoms with E-state index in [1.165, 1.54) is 16.6 Å². The van der Waals surface area contributed by atoms with Crippen molar-refractivity contribution in [3.05, 3.63) is 36.0 Å². The third-order valence-corrected chi connectivity index (χ3v) is 2.89. The summed E-state index contributed by atoms with van der Waals surface area (Å²) in [6.07, 6.45) is 1.08. The van der Waals surface area contributed by atoms with E-state index in [-0.39, 0.29) is 6.04 Å². The van der Waals surface area contributed by atoms with E-state index in [4.69, 9.17) is 5.73 Å². The van der Waals surface area contributed by atoms with Crippen LogP contribution in [0, 0.1) is 0 Å². The Labute approximate surface area is 77.0 Å². The molecular weight excluding hydrogens is 160 g/mol. The molecule has 1 aliphatic rings. The third kappa shape index (κ3) is 0.864. The highest BCUT2D eigenvalue weighted by Gasteiger charge is 2.20. The first-order chi connectivity index (χ1) is 6.36. The van der Waals surface area contributed by atoms with Gasteiger partial charge in [-0.05, 0) is 23.9 Å². The molecule has 2 nitrogen and oxygen atoms in total. The highest BCUT2D eigenvalue weighted by Crippen LogP contribution is 2.30. The smallest absolute Gasteiger partial charge is 0.0483 e. The van der Waals surface area contributed by atoms with E-state index >= 15 is 0 Å². The van der Waals surface area contributed by atoms with E-state index in [2.05, 4.69) is 34.9 Å². The molecule has 0 bridgehead atoms. The number of aryl methyl sites for hydroxylation is 1. The minimum absolute atomic E-state index is 0.243. The Morgan fingerprint density at radius 1 is 1.31 bits per heavy atom. The molecule has 1 aliphatic heterocycles. The number of hydrogen-bond donors (Lipinski definition) is 1. The Hall–Kier alpha value is -1.28. The summed E-state index contributed by atoms with van der Waals surface area (Å²) in [5.74, 6) is 0. The van der Waals surface area contributed by atoms with Crippen molar-refractivity contribution in [1.29, 1.82) is 0 Å². The molecule has 0 saturated carbocycles. The van der Waals surface area contributed by atoms with Crippen molar-refractivity contribution >= 4 is 10.9 Å². The van der Waals surface area contributed by atoms with Crippen LogP contribution in [0.3, 0.4) is 0 Å². The molecule has 0 amide bonds. The molecule has 13 heavy (non-hydrogen) atoms. The molecule has 2 aromatic rings. The fourth-order valence-corrected chi connectivity index (χ4v) is 2.20. The Morgan fingerprint density at radius 2 is 2.15 bits per heavy atom. The van der Waals surface area contributed by atoms with E-state index in [0.29, 0.717) is 0 Å². The maximum atomic E-state index is 5.99. The van der Waals surface area contributed by atoms with Crippen LogP contribution in [0.25, 0.3) is 10.9 Å². The molecule has 0 spiro atoms. The number of nitrogens with zero attached hydrogens (tertiary/aromatic N) is 1. The first-order valence-electron chi connectivity index (χ1n) is 4.70. The standard InChI is InChI=1S/C11H12N2/c12-9-5-6-13-10-4-2-1-3-8(10)7-11(9)13/h1-4,7,9H,5-6,12H2. The van der Waals surface area contributed by atoms with Crippen molar-refractivity contribution in [1.82, 2.24) is 4.57 Å². The van der Waals surface area contributed by atoms with Crippen LogP contribution < -0.4 is 5.73 Å². The zero-order chi connectivity index (χ0) is 8.84. The van der Waals surface area contributed by atoms with Gasteiger partial charge >= 0.3 is 0 Å². The second kappa shape index (κ2) is 2.36. The van der Waals surface area contributed by atoms with Gasteiger partial charge < -0.3 is 10.3 Å². The number of fused-ring (bicyclic) bond motifs is 3.